The summed E-state index contributed by atoms with van der Waals surface area (Å²) in [6.07, 6.45) is -1.05. The summed E-state index contributed by atoms with van der Waals surface area (Å²) >= 11 is 1.53. The Morgan fingerprint density at radius 3 is 2.38 bits per heavy atom. The number of benzene rings is 1. The van der Waals surface area contributed by atoms with E-state index in [1.165, 1.54) is 11.8 Å². The third-order valence-electron chi connectivity index (χ3n) is 3.24. The molecule has 1 amide bonds. The topological polar surface area (TPSA) is 33.2 Å². The second-order valence-corrected chi connectivity index (χ2v) is 6.26. The highest BCUT2D eigenvalue weighted by molar-refractivity contribution is 7.99. The minimum absolute atomic E-state index is 0.0426. The molecule has 0 N–H and O–H groups in total. The Morgan fingerprint density at radius 1 is 1.08 bits per heavy atom. The van der Waals surface area contributed by atoms with Crippen LogP contribution < -0.4 is 0 Å². The van der Waals surface area contributed by atoms with Crippen molar-refractivity contribution in [1.29, 1.82) is 0 Å². The van der Waals surface area contributed by atoms with Crippen molar-refractivity contribution < 1.29 is 18.0 Å². The van der Waals surface area contributed by atoms with E-state index in [1.807, 2.05) is 12.1 Å². The first-order chi connectivity index (χ1) is 11.5. The van der Waals surface area contributed by atoms with Gasteiger partial charge in [-0.3, -0.25) is 9.78 Å². The van der Waals surface area contributed by atoms with Gasteiger partial charge in [0.1, 0.15) is 0 Å². The van der Waals surface area contributed by atoms with Crippen molar-refractivity contribution in [3.63, 3.8) is 0 Å². The van der Waals surface area contributed by atoms with Crippen LogP contribution >= 0.6 is 11.8 Å². The normalized spacial score (nSPS) is 11.3. The van der Waals surface area contributed by atoms with E-state index in [2.05, 4.69) is 4.98 Å². The Morgan fingerprint density at radius 2 is 1.75 bits per heavy atom. The standard InChI is InChI=1S/C17H17F3N2OS/c18-17(19,20)16(23)22(13-14-5-2-1-3-6-14)11-4-12-24-15-7-9-21-10-8-15/h1-3,5-10H,4,11-13H2. The molecule has 24 heavy (non-hydrogen) atoms. The number of rotatable bonds is 7. The van der Waals surface area contributed by atoms with Crippen LogP contribution in [0.3, 0.4) is 0 Å². The molecule has 1 heterocycles. The monoisotopic (exact) mass is 354 g/mol. The number of hydrogen-bond acceptors (Lipinski definition) is 3. The molecule has 0 unspecified atom stereocenters. The third kappa shape index (κ3) is 5.88. The molecule has 128 valence electrons. The molecular weight excluding hydrogens is 337 g/mol. The first-order valence-electron chi connectivity index (χ1n) is 7.39. The van der Waals surface area contributed by atoms with Crippen LogP contribution in [0.2, 0.25) is 0 Å². The van der Waals surface area contributed by atoms with Crippen LogP contribution in [-0.2, 0) is 11.3 Å². The summed E-state index contributed by atoms with van der Waals surface area (Å²) in [6, 6.07) is 12.4. The molecule has 0 aliphatic carbocycles. The molecule has 1 aromatic carbocycles. The SMILES string of the molecule is O=C(N(CCCSc1ccncc1)Cc1ccccc1)C(F)(F)F. The fourth-order valence-electron chi connectivity index (χ4n) is 2.12. The van der Waals surface area contributed by atoms with Gasteiger partial charge in [-0.05, 0) is 29.9 Å². The Hall–Kier alpha value is -2.02. The molecule has 0 atom stereocenters. The number of carbonyl (C=O) groups excluding carboxylic acids is 1. The van der Waals surface area contributed by atoms with Crippen molar-refractivity contribution in [2.24, 2.45) is 0 Å². The van der Waals surface area contributed by atoms with Gasteiger partial charge in [0.15, 0.2) is 0 Å². The second kappa shape index (κ2) is 8.73. The fraction of sp³-hybridized carbons (Fsp3) is 0.294. The van der Waals surface area contributed by atoms with Gasteiger partial charge in [-0.25, -0.2) is 0 Å². The van der Waals surface area contributed by atoms with Gasteiger partial charge in [0.05, 0.1) is 0 Å². The van der Waals surface area contributed by atoms with Crippen molar-refractivity contribution in [2.45, 2.75) is 24.0 Å². The molecule has 0 spiro atoms. The number of carbonyl (C=O) groups is 1. The molecule has 0 aliphatic rings. The maximum atomic E-state index is 12.8. The van der Waals surface area contributed by atoms with Gasteiger partial charge in [-0.15, -0.1) is 11.8 Å². The minimum atomic E-state index is -4.85. The van der Waals surface area contributed by atoms with Crippen LogP contribution in [0.15, 0.2) is 59.8 Å². The van der Waals surface area contributed by atoms with Crippen molar-refractivity contribution in [1.82, 2.24) is 9.88 Å². The predicted octanol–water partition coefficient (Wildman–Crippen LogP) is 4.15. The van der Waals surface area contributed by atoms with Crippen LogP contribution in [0.5, 0.6) is 0 Å². The molecule has 1 aromatic heterocycles. The van der Waals surface area contributed by atoms with E-state index in [4.69, 9.17) is 0 Å². The molecule has 0 saturated carbocycles. The molecule has 0 bridgehead atoms. The van der Waals surface area contributed by atoms with Crippen molar-refractivity contribution >= 4 is 17.7 Å². The predicted molar refractivity (Wildman–Crippen MR) is 87.5 cm³/mol. The van der Waals surface area contributed by atoms with Gasteiger partial charge in [-0.1, -0.05) is 30.3 Å². The van der Waals surface area contributed by atoms with Crippen LogP contribution in [0.1, 0.15) is 12.0 Å². The number of amides is 1. The lowest BCUT2D eigenvalue weighted by Crippen LogP contribution is -2.41. The van der Waals surface area contributed by atoms with E-state index < -0.39 is 12.1 Å². The molecule has 7 heteroatoms. The average molecular weight is 354 g/mol. The lowest BCUT2D eigenvalue weighted by Gasteiger charge is -2.23. The van der Waals surface area contributed by atoms with E-state index in [0.29, 0.717) is 17.7 Å². The fourth-order valence-corrected chi connectivity index (χ4v) is 2.94. The van der Waals surface area contributed by atoms with E-state index in [9.17, 15) is 18.0 Å². The molecule has 0 aliphatic heterocycles. The zero-order valence-electron chi connectivity index (χ0n) is 12.9. The first-order valence-corrected chi connectivity index (χ1v) is 8.38. The molecular formula is C17H17F3N2OS. The quantitative estimate of drug-likeness (QED) is 0.553. The smallest absolute Gasteiger partial charge is 0.331 e. The van der Waals surface area contributed by atoms with E-state index >= 15 is 0 Å². The molecule has 2 aromatic rings. The number of halogens is 3. The van der Waals surface area contributed by atoms with Crippen molar-refractivity contribution in [2.75, 3.05) is 12.3 Å². The Labute approximate surface area is 142 Å². The number of nitrogens with zero attached hydrogens (tertiary/aromatic N) is 2. The Kier molecular flexibility index (Phi) is 6.66. The van der Waals surface area contributed by atoms with Crippen LogP contribution in [0, 0.1) is 0 Å². The average Bonchev–Trinajstić information content (AvgIpc) is 2.58. The zero-order valence-corrected chi connectivity index (χ0v) is 13.7. The van der Waals surface area contributed by atoms with Gasteiger partial charge in [0.25, 0.3) is 0 Å². The molecule has 0 saturated heterocycles. The maximum Gasteiger partial charge on any atom is 0.471 e. The summed E-state index contributed by atoms with van der Waals surface area (Å²) < 4.78 is 38.3. The summed E-state index contributed by atoms with van der Waals surface area (Å²) in [7, 11) is 0. The van der Waals surface area contributed by atoms with E-state index in [1.54, 1.807) is 42.7 Å². The van der Waals surface area contributed by atoms with Crippen LogP contribution in [0.4, 0.5) is 13.2 Å². The van der Waals surface area contributed by atoms with Gasteiger partial charge in [-0.2, -0.15) is 13.2 Å². The maximum absolute atomic E-state index is 12.8. The third-order valence-corrected chi connectivity index (χ3v) is 4.34. The van der Waals surface area contributed by atoms with Gasteiger partial charge < -0.3 is 4.90 Å². The molecule has 0 fully saturated rings. The summed E-state index contributed by atoms with van der Waals surface area (Å²) in [5.74, 6) is -1.17. The van der Waals surface area contributed by atoms with Gasteiger partial charge in [0.2, 0.25) is 0 Å². The van der Waals surface area contributed by atoms with Gasteiger partial charge >= 0.3 is 12.1 Å². The molecule has 2 rings (SSSR count). The largest absolute Gasteiger partial charge is 0.471 e. The number of thioether (sulfide) groups is 1. The number of aromatic nitrogens is 1. The minimum Gasteiger partial charge on any atom is -0.331 e. The van der Waals surface area contributed by atoms with Crippen molar-refractivity contribution in [3.8, 4) is 0 Å². The summed E-state index contributed by atoms with van der Waals surface area (Å²) in [5.41, 5.74) is 0.678. The molecule has 3 nitrogen and oxygen atoms in total. The zero-order chi connectivity index (χ0) is 17.4. The summed E-state index contributed by atoms with van der Waals surface area (Å²) in [5, 5.41) is 0. The highest BCUT2D eigenvalue weighted by atomic mass is 32.2. The second-order valence-electron chi connectivity index (χ2n) is 5.09. The van der Waals surface area contributed by atoms with E-state index in [0.717, 1.165) is 9.80 Å². The van der Waals surface area contributed by atoms with E-state index in [-0.39, 0.29) is 13.1 Å². The lowest BCUT2D eigenvalue weighted by atomic mass is 10.2. The lowest BCUT2D eigenvalue weighted by molar-refractivity contribution is -0.186. The number of alkyl halides is 3. The summed E-state index contributed by atoms with van der Waals surface area (Å²) in [4.78, 5) is 17.4. The number of pyridine rings is 1. The Balaban J connectivity index is 1.91. The first kappa shape index (κ1) is 18.3. The highest BCUT2D eigenvalue weighted by Crippen LogP contribution is 2.22. The van der Waals surface area contributed by atoms with Gasteiger partial charge in [0, 0.05) is 30.4 Å². The molecule has 0 radical (unpaired) electrons. The highest BCUT2D eigenvalue weighted by Gasteiger charge is 2.42. The number of hydrogen-bond donors (Lipinski definition) is 0. The van der Waals surface area contributed by atoms with Crippen molar-refractivity contribution in [3.05, 3.63) is 60.4 Å². The van der Waals surface area contributed by atoms with Crippen LogP contribution in [-0.4, -0.2) is 34.3 Å². The Bertz CT molecular complexity index is 635. The summed E-state index contributed by atoms with van der Waals surface area (Å²) in [6.45, 7) is 0.0183. The van der Waals surface area contributed by atoms with Crippen LogP contribution in [0.25, 0.3) is 0 Å².